The number of benzene rings is 2. The first kappa shape index (κ1) is 16.3. The van der Waals surface area contributed by atoms with E-state index < -0.39 is 0 Å². The van der Waals surface area contributed by atoms with Crippen molar-refractivity contribution in [3.63, 3.8) is 0 Å². The van der Waals surface area contributed by atoms with Gasteiger partial charge in [-0.25, -0.2) is 0 Å². The summed E-state index contributed by atoms with van der Waals surface area (Å²) in [5, 5.41) is 0.916. The van der Waals surface area contributed by atoms with Crippen molar-refractivity contribution < 1.29 is 14.3 Å². The molecule has 0 atom stereocenters. The first-order valence-corrected chi connectivity index (χ1v) is 7.45. The molecule has 0 bridgehead atoms. The molecule has 0 amide bonds. The lowest BCUT2D eigenvalue weighted by molar-refractivity contribution is 0.103. The quantitative estimate of drug-likeness (QED) is 0.654. The van der Waals surface area contributed by atoms with Crippen LogP contribution in [0.15, 0.2) is 42.5 Å². The monoisotopic (exact) mass is 341 g/mol. The van der Waals surface area contributed by atoms with Gasteiger partial charge in [-0.05, 0) is 25.5 Å². The largest absolute Gasteiger partial charge is 0.454 e. The number of hydrogen-bond acceptors (Lipinski definition) is 4. The van der Waals surface area contributed by atoms with Crippen LogP contribution in [0.2, 0.25) is 0 Å². The molecule has 1 aliphatic heterocycles. The average Bonchev–Trinajstić information content (AvgIpc) is 3.01. The summed E-state index contributed by atoms with van der Waals surface area (Å²) in [6.07, 6.45) is 0. The highest BCUT2D eigenvalue weighted by Crippen LogP contribution is 2.37. The summed E-state index contributed by atoms with van der Waals surface area (Å²) in [6.45, 7) is 4.04. The second-order valence-electron chi connectivity index (χ2n) is 5.61. The predicted molar refractivity (Wildman–Crippen MR) is 94.5 cm³/mol. The van der Waals surface area contributed by atoms with Gasteiger partial charge >= 0.3 is 0 Å². The van der Waals surface area contributed by atoms with Crippen LogP contribution in [0.1, 0.15) is 27.2 Å². The maximum atomic E-state index is 12.9. The summed E-state index contributed by atoms with van der Waals surface area (Å²) in [4.78, 5) is 17.5. The van der Waals surface area contributed by atoms with Crippen LogP contribution in [0.3, 0.4) is 0 Å². The molecule has 24 heavy (non-hydrogen) atoms. The van der Waals surface area contributed by atoms with Crippen molar-refractivity contribution in [1.82, 2.24) is 4.98 Å². The van der Waals surface area contributed by atoms with Crippen LogP contribution >= 0.6 is 12.4 Å². The van der Waals surface area contributed by atoms with Gasteiger partial charge in [0.15, 0.2) is 17.3 Å². The Hall–Kier alpha value is -2.59. The molecule has 0 radical (unpaired) electrons. The third kappa shape index (κ3) is 2.49. The molecule has 0 unspecified atom stereocenters. The van der Waals surface area contributed by atoms with Gasteiger partial charge in [-0.1, -0.05) is 30.3 Å². The number of aromatic nitrogens is 1. The van der Waals surface area contributed by atoms with Crippen molar-refractivity contribution >= 4 is 29.1 Å². The number of fused-ring (bicyclic) bond motifs is 2. The number of carbonyl (C=O) groups is 1. The van der Waals surface area contributed by atoms with Gasteiger partial charge in [0.25, 0.3) is 0 Å². The molecule has 0 saturated heterocycles. The third-order valence-corrected chi connectivity index (χ3v) is 4.18. The molecule has 4 nitrogen and oxygen atoms in total. The molecule has 3 aromatic rings. The van der Waals surface area contributed by atoms with E-state index in [0.29, 0.717) is 22.6 Å². The second-order valence-corrected chi connectivity index (χ2v) is 5.61. The predicted octanol–water partition coefficient (Wildman–Crippen LogP) is 4.23. The minimum Gasteiger partial charge on any atom is -0.454 e. The minimum absolute atomic E-state index is 0. The molecule has 0 fully saturated rings. The van der Waals surface area contributed by atoms with E-state index >= 15 is 0 Å². The van der Waals surface area contributed by atoms with Gasteiger partial charge in [0, 0.05) is 28.3 Å². The Morgan fingerprint density at radius 2 is 1.71 bits per heavy atom. The lowest BCUT2D eigenvalue weighted by Crippen LogP contribution is -2.08. The van der Waals surface area contributed by atoms with Gasteiger partial charge in [-0.2, -0.15) is 0 Å². The number of ketones is 1. The van der Waals surface area contributed by atoms with Gasteiger partial charge in [-0.15, -0.1) is 12.4 Å². The van der Waals surface area contributed by atoms with Crippen LogP contribution in [0, 0.1) is 13.8 Å². The van der Waals surface area contributed by atoms with Crippen LogP contribution in [0.5, 0.6) is 11.5 Å². The summed E-state index contributed by atoms with van der Waals surface area (Å²) < 4.78 is 10.8. The number of pyridine rings is 1. The number of hydrogen-bond donors (Lipinski definition) is 0. The fraction of sp³-hybridized carbons (Fsp3) is 0.158. The zero-order valence-corrected chi connectivity index (χ0v) is 14.1. The van der Waals surface area contributed by atoms with E-state index in [-0.39, 0.29) is 25.0 Å². The first-order valence-electron chi connectivity index (χ1n) is 7.45. The Morgan fingerprint density at radius 1 is 1.04 bits per heavy atom. The summed E-state index contributed by atoms with van der Waals surface area (Å²) in [6, 6.07) is 13.1. The zero-order chi connectivity index (χ0) is 16.0. The normalized spacial score (nSPS) is 12.1. The number of aryl methyl sites for hydroxylation is 2. The lowest BCUT2D eigenvalue weighted by atomic mass is 9.95. The van der Waals surface area contributed by atoms with E-state index in [1.807, 2.05) is 56.3 Å². The molecule has 0 aliphatic carbocycles. The number of ether oxygens (including phenoxy) is 2. The van der Waals surface area contributed by atoms with E-state index in [1.54, 1.807) is 0 Å². The molecule has 0 spiro atoms. The summed E-state index contributed by atoms with van der Waals surface area (Å²) in [5.74, 6) is 1.39. The molecule has 2 heterocycles. The number of halogens is 1. The molecule has 2 aromatic carbocycles. The Labute approximate surface area is 145 Å². The highest BCUT2D eigenvalue weighted by molar-refractivity contribution is 6.12. The highest BCUT2D eigenvalue weighted by atomic mass is 35.5. The van der Waals surface area contributed by atoms with E-state index in [2.05, 4.69) is 4.98 Å². The van der Waals surface area contributed by atoms with Crippen molar-refractivity contribution in [3.05, 3.63) is 64.8 Å². The maximum Gasteiger partial charge on any atom is 0.231 e. The molecule has 0 saturated carbocycles. The molecule has 0 N–H and O–H groups in total. The van der Waals surface area contributed by atoms with Crippen LogP contribution in [0.4, 0.5) is 0 Å². The van der Waals surface area contributed by atoms with Crippen molar-refractivity contribution in [2.45, 2.75) is 13.8 Å². The van der Waals surface area contributed by atoms with Crippen LogP contribution in [-0.4, -0.2) is 17.6 Å². The first-order chi connectivity index (χ1) is 11.1. The third-order valence-electron chi connectivity index (χ3n) is 4.18. The number of nitrogens with zero attached hydrogens (tertiary/aromatic N) is 1. The fourth-order valence-electron chi connectivity index (χ4n) is 3.04. The highest BCUT2D eigenvalue weighted by Gasteiger charge is 2.21. The Balaban J connectivity index is 0.00000169. The second kappa shape index (κ2) is 6.13. The number of rotatable bonds is 2. The summed E-state index contributed by atoms with van der Waals surface area (Å²) >= 11 is 0. The van der Waals surface area contributed by atoms with Crippen molar-refractivity contribution in [2.75, 3.05) is 6.79 Å². The summed E-state index contributed by atoms with van der Waals surface area (Å²) in [5.41, 5.74) is 3.78. The van der Waals surface area contributed by atoms with Crippen molar-refractivity contribution in [1.29, 1.82) is 0 Å². The molecule has 4 rings (SSSR count). The maximum absolute atomic E-state index is 12.9. The van der Waals surface area contributed by atoms with Gasteiger partial charge in [-0.3, -0.25) is 9.78 Å². The molecule has 122 valence electrons. The Bertz CT molecular complexity index is 938. The Kier molecular flexibility index (Phi) is 4.16. The summed E-state index contributed by atoms with van der Waals surface area (Å²) in [7, 11) is 0. The van der Waals surface area contributed by atoms with Crippen molar-refractivity contribution in [2.24, 2.45) is 0 Å². The Morgan fingerprint density at radius 3 is 2.42 bits per heavy atom. The molecule has 1 aromatic heterocycles. The minimum atomic E-state index is -0.00679. The molecular formula is C19H16ClNO3. The topological polar surface area (TPSA) is 48.4 Å². The van der Waals surface area contributed by atoms with Crippen LogP contribution < -0.4 is 9.47 Å². The molecular weight excluding hydrogens is 326 g/mol. The lowest BCUT2D eigenvalue weighted by Gasteiger charge is -2.12. The smallest absolute Gasteiger partial charge is 0.231 e. The van der Waals surface area contributed by atoms with E-state index in [0.717, 1.165) is 22.2 Å². The van der Waals surface area contributed by atoms with E-state index in [9.17, 15) is 4.79 Å². The SMILES string of the molecule is Cc1nc2cc3c(cc2c(C)c1C(=O)c1ccccc1)OCO3.Cl. The molecule has 5 heteroatoms. The standard InChI is InChI=1S/C19H15NO3.ClH/c1-11-14-8-16-17(23-10-22-16)9-15(14)20-12(2)18(11)19(21)13-6-4-3-5-7-13;/h3-9H,10H2,1-2H3;1H. The number of carbonyl (C=O) groups excluding carboxylic acids is 1. The average molecular weight is 342 g/mol. The molecule has 1 aliphatic rings. The van der Waals surface area contributed by atoms with Crippen LogP contribution in [0.25, 0.3) is 10.9 Å². The van der Waals surface area contributed by atoms with Crippen molar-refractivity contribution in [3.8, 4) is 11.5 Å². The zero-order valence-electron chi connectivity index (χ0n) is 13.3. The van der Waals surface area contributed by atoms with E-state index in [4.69, 9.17) is 9.47 Å². The van der Waals surface area contributed by atoms with Gasteiger partial charge < -0.3 is 9.47 Å². The fourth-order valence-corrected chi connectivity index (χ4v) is 3.04. The van der Waals surface area contributed by atoms with Gasteiger partial charge in [0.2, 0.25) is 6.79 Å². The van der Waals surface area contributed by atoms with Gasteiger partial charge in [0.1, 0.15) is 0 Å². The van der Waals surface area contributed by atoms with Gasteiger partial charge in [0.05, 0.1) is 5.52 Å². The van der Waals surface area contributed by atoms with Crippen LogP contribution in [-0.2, 0) is 0 Å². The van der Waals surface area contributed by atoms with E-state index in [1.165, 1.54) is 0 Å².